The standard InChI is InChI=1S/C29H32N2O4S/c1-19-11-13-25(14-12-19)31-27(32)18-26(29(31)33)30(16-15-24-9-7-6-8-10-24)36(34,35)28-22(4)20(2)17-21(3)23(28)5/h6-14,17,26H,15-16,18H2,1-5H3. The van der Waals surface area contributed by atoms with Gasteiger partial charge in [0.15, 0.2) is 0 Å². The second-order valence-corrected chi connectivity index (χ2v) is 11.4. The van der Waals surface area contributed by atoms with Crippen LogP contribution >= 0.6 is 0 Å². The van der Waals surface area contributed by atoms with Crippen LogP contribution in [0.2, 0.25) is 0 Å². The van der Waals surface area contributed by atoms with Crippen molar-refractivity contribution in [2.75, 3.05) is 11.4 Å². The zero-order valence-electron chi connectivity index (χ0n) is 21.4. The Morgan fingerprint density at radius 2 is 1.44 bits per heavy atom. The molecule has 3 aromatic rings. The minimum atomic E-state index is -4.10. The first-order chi connectivity index (χ1) is 17.0. The van der Waals surface area contributed by atoms with E-state index >= 15 is 0 Å². The Morgan fingerprint density at radius 1 is 0.861 bits per heavy atom. The van der Waals surface area contributed by atoms with Crippen molar-refractivity contribution < 1.29 is 18.0 Å². The molecule has 1 unspecified atom stereocenters. The smallest absolute Gasteiger partial charge is 0.252 e. The Balaban J connectivity index is 1.79. The van der Waals surface area contributed by atoms with Crippen LogP contribution in [0.5, 0.6) is 0 Å². The zero-order valence-corrected chi connectivity index (χ0v) is 22.2. The maximum atomic E-state index is 14.3. The normalized spacial score (nSPS) is 16.3. The van der Waals surface area contributed by atoms with Gasteiger partial charge < -0.3 is 0 Å². The average molecular weight is 505 g/mol. The fraction of sp³-hybridized carbons (Fsp3) is 0.310. The van der Waals surface area contributed by atoms with Crippen LogP contribution in [0.15, 0.2) is 65.6 Å². The van der Waals surface area contributed by atoms with Crippen molar-refractivity contribution in [1.29, 1.82) is 0 Å². The van der Waals surface area contributed by atoms with Gasteiger partial charge in [0.05, 0.1) is 17.0 Å². The summed E-state index contributed by atoms with van der Waals surface area (Å²) in [5, 5.41) is 0. The number of anilines is 1. The fourth-order valence-electron chi connectivity index (χ4n) is 4.82. The van der Waals surface area contributed by atoms with E-state index in [2.05, 4.69) is 0 Å². The highest BCUT2D eigenvalue weighted by atomic mass is 32.2. The average Bonchev–Trinajstić information content (AvgIpc) is 3.12. The third kappa shape index (κ3) is 4.73. The summed E-state index contributed by atoms with van der Waals surface area (Å²) in [5.74, 6) is -0.914. The van der Waals surface area contributed by atoms with Crippen LogP contribution in [-0.2, 0) is 26.0 Å². The van der Waals surface area contributed by atoms with E-state index in [1.54, 1.807) is 26.0 Å². The summed E-state index contributed by atoms with van der Waals surface area (Å²) in [6.45, 7) is 9.38. The molecule has 0 bridgehead atoms. The van der Waals surface area contributed by atoms with Gasteiger partial charge in [-0.3, -0.25) is 9.59 Å². The van der Waals surface area contributed by atoms with Gasteiger partial charge in [0, 0.05) is 6.54 Å². The van der Waals surface area contributed by atoms with Gasteiger partial charge in [-0.1, -0.05) is 54.1 Å². The Hall–Kier alpha value is -3.29. The highest BCUT2D eigenvalue weighted by Crippen LogP contribution is 2.33. The molecule has 1 heterocycles. The first-order valence-electron chi connectivity index (χ1n) is 12.1. The van der Waals surface area contributed by atoms with Gasteiger partial charge in [-0.25, -0.2) is 13.3 Å². The molecular weight excluding hydrogens is 472 g/mol. The summed E-state index contributed by atoms with van der Waals surface area (Å²) in [6.07, 6.45) is 0.231. The van der Waals surface area contributed by atoms with Gasteiger partial charge in [0.25, 0.3) is 5.91 Å². The number of amides is 2. The Kier molecular flexibility index (Phi) is 7.16. The number of sulfonamides is 1. The molecule has 1 atom stereocenters. The molecule has 36 heavy (non-hydrogen) atoms. The quantitative estimate of drug-likeness (QED) is 0.434. The van der Waals surface area contributed by atoms with Gasteiger partial charge in [0.1, 0.15) is 6.04 Å². The molecule has 0 aliphatic carbocycles. The summed E-state index contributed by atoms with van der Waals surface area (Å²) in [4.78, 5) is 28.0. The van der Waals surface area contributed by atoms with Gasteiger partial charge in [-0.2, -0.15) is 4.31 Å². The van der Waals surface area contributed by atoms with E-state index in [9.17, 15) is 18.0 Å². The number of aryl methyl sites for hydroxylation is 3. The minimum Gasteiger partial charge on any atom is -0.274 e. The largest absolute Gasteiger partial charge is 0.274 e. The molecule has 4 rings (SSSR count). The molecule has 2 amide bonds. The first-order valence-corrected chi connectivity index (χ1v) is 13.5. The second-order valence-electron chi connectivity index (χ2n) is 9.56. The van der Waals surface area contributed by atoms with E-state index in [0.29, 0.717) is 23.2 Å². The SMILES string of the molecule is Cc1ccc(N2C(=O)CC(N(CCc3ccccc3)S(=O)(=O)c3c(C)c(C)cc(C)c3C)C2=O)cc1. The monoisotopic (exact) mass is 504 g/mol. The van der Waals surface area contributed by atoms with Crippen LogP contribution in [0.1, 0.15) is 39.8 Å². The van der Waals surface area contributed by atoms with Crippen LogP contribution in [0, 0.1) is 34.6 Å². The predicted octanol–water partition coefficient (Wildman–Crippen LogP) is 4.79. The van der Waals surface area contributed by atoms with Crippen molar-refractivity contribution in [2.45, 2.75) is 58.4 Å². The number of rotatable bonds is 7. The zero-order chi connectivity index (χ0) is 26.2. The topological polar surface area (TPSA) is 74.8 Å². The van der Waals surface area contributed by atoms with Crippen LogP contribution in [0.4, 0.5) is 5.69 Å². The molecule has 6 nitrogen and oxygen atoms in total. The summed E-state index contributed by atoms with van der Waals surface area (Å²) in [7, 11) is -4.10. The molecule has 0 N–H and O–H groups in total. The number of nitrogens with zero attached hydrogens (tertiary/aromatic N) is 2. The van der Waals surface area contributed by atoms with Crippen LogP contribution in [0.3, 0.4) is 0 Å². The van der Waals surface area contributed by atoms with Crippen LogP contribution in [-0.4, -0.2) is 37.1 Å². The van der Waals surface area contributed by atoms with Gasteiger partial charge >= 0.3 is 0 Å². The van der Waals surface area contributed by atoms with Crippen molar-refractivity contribution in [3.05, 3.63) is 94.0 Å². The van der Waals surface area contributed by atoms with E-state index in [1.165, 1.54) is 4.31 Å². The molecule has 0 spiro atoms. The molecule has 1 aliphatic rings. The van der Waals surface area contributed by atoms with Crippen molar-refractivity contribution >= 4 is 27.5 Å². The highest BCUT2D eigenvalue weighted by Gasteiger charge is 2.47. The van der Waals surface area contributed by atoms with E-state index in [-0.39, 0.29) is 17.9 Å². The Morgan fingerprint density at radius 3 is 2.03 bits per heavy atom. The van der Waals surface area contributed by atoms with Crippen LogP contribution in [0.25, 0.3) is 0 Å². The number of benzene rings is 3. The summed E-state index contributed by atoms with van der Waals surface area (Å²) >= 11 is 0. The van der Waals surface area contributed by atoms with Crippen molar-refractivity contribution in [3.63, 3.8) is 0 Å². The molecule has 1 aliphatic heterocycles. The van der Waals surface area contributed by atoms with E-state index < -0.39 is 27.9 Å². The lowest BCUT2D eigenvalue weighted by molar-refractivity contribution is -0.122. The molecule has 1 fully saturated rings. The minimum absolute atomic E-state index is 0.0869. The number of carbonyl (C=O) groups is 2. The first kappa shape index (κ1) is 25.8. The van der Waals surface area contributed by atoms with Gasteiger partial charge in [-0.15, -0.1) is 0 Å². The predicted molar refractivity (Wildman–Crippen MR) is 142 cm³/mol. The van der Waals surface area contributed by atoms with E-state index in [1.807, 2.05) is 69.3 Å². The summed E-state index contributed by atoms with van der Waals surface area (Å²) in [5.41, 5.74) is 5.48. The maximum Gasteiger partial charge on any atom is 0.252 e. The molecule has 1 saturated heterocycles. The van der Waals surface area contributed by atoms with Crippen molar-refractivity contribution in [3.8, 4) is 0 Å². The highest BCUT2D eigenvalue weighted by molar-refractivity contribution is 7.89. The van der Waals surface area contributed by atoms with Crippen LogP contribution < -0.4 is 4.90 Å². The number of hydrogen-bond acceptors (Lipinski definition) is 4. The van der Waals surface area contributed by atoms with E-state index in [4.69, 9.17) is 0 Å². The Labute approximate surface area is 213 Å². The molecule has 188 valence electrons. The lowest BCUT2D eigenvalue weighted by atomic mass is 10.0. The molecule has 0 aromatic heterocycles. The molecule has 3 aromatic carbocycles. The van der Waals surface area contributed by atoms with Crippen molar-refractivity contribution in [1.82, 2.24) is 4.31 Å². The number of hydrogen-bond donors (Lipinski definition) is 0. The lowest BCUT2D eigenvalue weighted by Gasteiger charge is -2.29. The second kappa shape index (κ2) is 9.99. The maximum absolute atomic E-state index is 14.3. The number of carbonyl (C=O) groups excluding carboxylic acids is 2. The molecule has 0 saturated carbocycles. The third-order valence-corrected chi connectivity index (χ3v) is 9.27. The summed E-state index contributed by atoms with van der Waals surface area (Å²) in [6, 6.07) is 17.5. The third-order valence-electron chi connectivity index (χ3n) is 7.09. The lowest BCUT2D eigenvalue weighted by Crippen LogP contribution is -2.46. The summed E-state index contributed by atoms with van der Waals surface area (Å²) < 4.78 is 29.8. The molecule has 7 heteroatoms. The number of imide groups is 1. The van der Waals surface area contributed by atoms with Gasteiger partial charge in [-0.05, 0) is 81.0 Å². The molecule has 0 radical (unpaired) electrons. The Bertz CT molecular complexity index is 1390. The molecular formula is C29H32N2O4S. The van der Waals surface area contributed by atoms with Crippen molar-refractivity contribution in [2.24, 2.45) is 0 Å². The fourth-order valence-corrected chi connectivity index (χ4v) is 6.98. The van der Waals surface area contributed by atoms with Gasteiger partial charge in [0.2, 0.25) is 15.9 Å². The van der Waals surface area contributed by atoms with E-state index in [0.717, 1.165) is 27.2 Å².